The van der Waals surface area contributed by atoms with E-state index in [0.29, 0.717) is 0 Å². The van der Waals surface area contributed by atoms with Gasteiger partial charge in [-0.15, -0.1) is 0 Å². The SMILES string of the molecule is Cc1ccc(N/C=C\C=C/c2ccc(-c3ccnc(C)c3)cc2)cc1. The summed E-state index contributed by atoms with van der Waals surface area (Å²) in [5, 5.41) is 3.26. The molecule has 1 N–H and O–H groups in total. The summed E-state index contributed by atoms with van der Waals surface area (Å²) in [7, 11) is 0. The molecule has 0 fully saturated rings. The molecule has 2 aromatic carbocycles. The van der Waals surface area contributed by atoms with Crippen LogP contribution >= 0.6 is 0 Å². The van der Waals surface area contributed by atoms with Gasteiger partial charge in [0.2, 0.25) is 0 Å². The maximum atomic E-state index is 4.24. The summed E-state index contributed by atoms with van der Waals surface area (Å²) in [6.07, 6.45) is 9.92. The van der Waals surface area contributed by atoms with Crippen LogP contribution in [0.1, 0.15) is 16.8 Å². The smallest absolute Gasteiger partial charge is 0.0379 e. The molecule has 0 unspecified atom stereocenters. The van der Waals surface area contributed by atoms with Gasteiger partial charge >= 0.3 is 0 Å². The molecule has 0 saturated heterocycles. The lowest BCUT2D eigenvalue weighted by Gasteiger charge is -2.03. The number of nitrogens with one attached hydrogen (secondary N) is 1. The van der Waals surface area contributed by atoms with Crippen LogP contribution in [0.5, 0.6) is 0 Å². The second-order valence-electron chi connectivity index (χ2n) is 6.04. The molecule has 1 aromatic heterocycles. The van der Waals surface area contributed by atoms with E-state index in [2.05, 4.69) is 77.9 Å². The molecule has 0 radical (unpaired) electrons. The van der Waals surface area contributed by atoms with Crippen molar-refractivity contribution >= 4 is 11.8 Å². The Balaban J connectivity index is 1.58. The van der Waals surface area contributed by atoms with Gasteiger partial charge in [-0.2, -0.15) is 0 Å². The highest BCUT2D eigenvalue weighted by Crippen LogP contribution is 2.20. The third-order valence-corrected chi connectivity index (χ3v) is 3.94. The predicted octanol–water partition coefficient (Wildman–Crippen LogP) is 6.00. The van der Waals surface area contributed by atoms with E-state index >= 15 is 0 Å². The van der Waals surface area contributed by atoms with Crippen molar-refractivity contribution in [1.82, 2.24) is 4.98 Å². The third kappa shape index (κ3) is 4.92. The molecule has 0 aliphatic heterocycles. The molecule has 0 aliphatic carbocycles. The number of pyridine rings is 1. The lowest BCUT2D eigenvalue weighted by Crippen LogP contribution is -1.85. The van der Waals surface area contributed by atoms with Gasteiger partial charge in [0.1, 0.15) is 0 Å². The monoisotopic (exact) mass is 326 g/mol. The molecule has 2 nitrogen and oxygen atoms in total. The fourth-order valence-electron chi connectivity index (χ4n) is 2.53. The van der Waals surface area contributed by atoms with Crippen molar-refractivity contribution in [2.75, 3.05) is 5.32 Å². The molecule has 0 spiro atoms. The largest absolute Gasteiger partial charge is 0.362 e. The van der Waals surface area contributed by atoms with Crippen LogP contribution < -0.4 is 5.32 Å². The highest BCUT2D eigenvalue weighted by Gasteiger charge is 1.97. The second kappa shape index (κ2) is 8.11. The molecule has 0 amide bonds. The molecule has 1 heterocycles. The summed E-state index contributed by atoms with van der Waals surface area (Å²) in [6, 6.07) is 21.0. The Labute approximate surface area is 149 Å². The van der Waals surface area contributed by atoms with Crippen LogP contribution in [-0.4, -0.2) is 4.98 Å². The van der Waals surface area contributed by atoms with Gasteiger partial charge in [0.25, 0.3) is 0 Å². The van der Waals surface area contributed by atoms with Gasteiger partial charge in [0.05, 0.1) is 0 Å². The van der Waals surface area contributed by atoms with E-state index in [-0.39, 0.29) is 0 Å². The molecule has 0 saturated carbocycles. The molecule has 0 atom stereocenters. The average molecular weight is 326 g/mol. The molecule has 3 aromatic rings. The zero-order valence-electron chi connectivity index (χ0n) is 14.6. The minimum absolute atomic E-state index is 1.03. The van der Waals surface area contributed by atoms with Crippen LogP contribution in [0.4, 0.5) is 5.69 Å². The van der Waals surface area contributed by atoms with Crippen molar-refractivity contribution in [3.05, 3.63) is 102 Å². The van der Waals surface area contributed by atoms with Gasteiger partial charge < -0.3 is 5.32 Å². The molecule has 3 rings (SSSR count). The Bertz CT molecular complexity index is 873. The fraction of sp³-hybridized carbons (Fsp3) is 0.0870. The topological polar surface area (TPSA) is 24.9 Å². The van der Waals surface area contributed by atoms with Crippen molar-refractivity contribution in [3.63, 3.8) is 0 Å². The van der Waals surface area contributed by atoms with Crippen molar-refractivity contribution in [3.8, 4) is 11.1 Å². The number of hydrogen-bond donors (Lipinski definition) is 1. The van der Waals surface area contributed by atoms with Gasteiger partial charge in [-0.1, -0.05) is 54.1 Å². The number of nitrogens with zero attached hydrogens (tertiary/aromatic N) is 1. The van der Waals surface area contributed by atoms with E-state index in [1.54, 1.807) is 0 Å². The van der Waals surface area contributed by atoms with Crippen LogP contribution in [-0.2, 0) is 0 Å². The molecule has 25 heavy (non-hydrogen) atoms. The quantitative estimate of drug-likeness (QED) is 0.581. The van der Waals surface area contributed by atoms with Crippen LogP contribution in [0.2, 0.25) is 0 Å². The van der Waals surface area contributed by atoms with E-state index < -0.39 is 0 Å². The Morgan fingerprint density at radius 2 is 1.56 bits per heavy atom. The Morgan fingerprint density at radius 3 is 2.28 bits per heavy atom. The third-order valence-electron chi connectivity index (χ3n) is 3.94. The Kier molecular flexibility index (Phi) is 5.43. The lowest BCUT2D eigenvalue weighted by atomic mass is 10.0. The highest BCUT2D eigenvalue weighted by molar-refractivity contribution is 5.66. The summed E-state index contributed by atoms with van der Waals surface area (Å²) in [6.45, 7) is 4.10. The minimum Gasteiger partial charge on any atom is -0.362 e. The average Bonchev–Trinajstić information content (AvgIpc) is 2.63. The van der Waals surface area contributed by atoms with Crippen molar-refractivity contribution in [2.24, 2.45) is 0 Å². The maximum absolute atomic E-state index is 4.24. The number of anilines is 1. The highest BCUT2D eigenvalue weighted by atomic mass is 14.8. The zero-order chi connectivity index (χ0) is 17.5. The molecule has 2 heteroatoms. The first-order valence-corrected chi connectivity index (χ1v) is 8.40. The first kappa shape index (κ1) is 16.7. The van der Waals surface area contributed by atoms with Crippen molar-refractivity contribution in [2.45, 2.75) is 13.8 Å². The molecule has 0 bridgehead atoms. The predicted molar refractivity (Wildman–Crippen MR) is 107 cm³/mol. The number of aryl methyl sites for hydroxylation is 2. The lowest BCUT2D eigenvalue weighted by molar-refractivity contribution is 1.20. The van der Waals surface area contributed by atoms with Gasteiger partial charge in [-0.3, -0.25) is 4.98 Å². The van der Waals surface area contributed by atoms with Crippen LogP contribution in [0.15, 0.2) is 85.2 Å². The number of hydrogen-bond acceptors (Lipinski definition) is 2. The number of benzene rings is 2. The summed E-state index contributed by atoms with van der Waals surface area (Å²) < 4.78 is 0. The number of allylic oxidation sites excluding steroid dienone is 2. The Hall–Kier alpha value is -3.13. The molecular weight excluding hydrogens is 304 g/mol. The summed E-state index contributed by atoms with van der Waals surface area (Å²) in [5.41, 5.74) is 6.97. The maximum Gasteiger partial charge on any atom is 0.0379 e. The van der Waals surface area contributed by atoms with Crippen molar-refractivity contribution in [1.29, 1.82) is 0 Å². The first-order valence-electron chi connectivity index (χ1n) is 8.40. The van der Waals surface area contributed by atoms with E-state index in [1.807, 2.05) is 37.5 Å². The van der Waals surface area contributed by atoms with E-state index in [1.165, 1.54) is 22.3 Å². The van der Waals surface area contributed by atoms with Crippen LogP contribution in [0, 0.1) is 13.8 Å². The summed E-state index contributed by atoms with van der Waals surface area (Å²) in [5.74, 6) is 0. The second-order valence-corrected chi connectivity index (χ2v) is 6.04. The molecule has 0 aliphatic rings. The molecule has 124 valence electrons. The first-order chi connectivity index (χ1) is 12.2. The Morgan fingerprint density at radius 1 is 0.800 bits per heavy atom. The van der Waals surface area contributed by atoms with Gasteiger partial charge in [-0.05, 0) is 60.9 Å². The minimum atomic E-state index is 1.03. The van der Waals surface area contributed by atoms with Crippen molar-refractivity contribution < 1.29 is 0 Å². The van der Waals surface area contributed by atoms with Gasteiger partial charge in [-0.25, -0.2) is 0 Å². The van der Waals surface area contributed by atoms with Gasteiger partial charge in [0, 0.05) is 23.8 Å². The fourth-order valence-corrected chi connectivity index (χ4v) is 2.53. The van der Waals surface area contributed by atoms with Crippen LogP contribution in [0.3, 0.4) is 0 Å². The van der Waals surface area contributed by atoms with E-state index in [9.17, 15) is 0 Å². The normalized spacial score (nSPS) is 11.3. The van der Waals surface area contributed by atoms with E-state index in [4.69, 9.17) is 0 Å². The van der Waals surface area contributed by atoms with E-state index in [0.717, 1.165) is 11.4 Å². The summed E-state index contributed by atoms with van der Waals surface area (Å²) >= 11 is 0. The van der Waals surface area contributed by atoms with Crippen LogP contribution in [0.25, 0.3) is 17.2 Å². The summed E-state index contributed by atoms with van der Waals surface area (Å²) in [4.78, 5) is 4.24. The van der Waals surface area contributed by atoms with Gasteiger partial charge in [0.15, 0.2) is 0 Å². The number of rotatable bonds is 5. The zero-order valence-corrected chi connectivity index (χ0v) is 14.6. The standard InChI is InChI=1S/C23H22N2/c1-18-6-12-23(13-7-18)25-15-4-3-5-20-8-10-21(11-9-20)22-14-16-24-19(2)17-22/h3-17,25H,1-2H3/b5-3-,15-4-. The number of aromatic nitrogens is 1. The molecular formula is C23H22N2.